The van der Waals surface area contributed by atoms with Gasteiger partial charge in [0.1, 0.15) is 11.5 Å². The maximum atomic E-state index is 10.9. The van der Waals surface area contributed by atoms with Crippen molar-refractivity contribution >= 4 is 5.97 Å². The molecule has 0 radical (unpaired) electrons. The Morgan fingerprint density at radius 2 is 2.00 bits per heavy atom. The predicted molar refractivity (Wildman–Crippen MR) is 55.4 cm³/mol. The summed E-state index contributed by atoms with van der Waals surface area (Å²) in [6.07, 6.45) is 0.721. The average molecular weight is 210 g/mol. The Kier molecular flexibility index (Phi) is 3.19. The highest BCUT2D eigenvalue weighted by Crippen LogP contribution is 2.34. The molecular formula is C11H14O4. The summed E-state index contributed by atoms with van der Waals surface area (Å²) in [5.74, 6) is -1.60. The zero-order chi connectivity index (χ0) is 11.6. The lowest BCUT2D eigenvalue weighted by atomic mass is 9.92. The molecule has 4 nitrogen and oxygen atoms in total. The Bertz CT molecular complexity index is 384. The Morgan fingerprint density at radius 3 is 2.47 bits per heavy atom. The van der Waals surface area contributed by atoms with Crippen molar-refractivity contribution in [1.82, 2.24) is 0 Å². The molecule has 0 amide bonds. The van der Waals surface area contributed by atoms with Gasteiger partial charge in [0.25, 0.3) is 0 Å². The first-order valence-corrected chi connectivity index (χ1v) is 4.76. The van der Waals surface area contributed by atoms with Gasteiger partial charge in [-0.1, -0.05) is 13.8 Å². The van der Waals surface area contributed by atoms with Crippen LogP contribution in [-0.2, 0) is 0 Å². The largest absolute Gasteiger partial charge is 0.508 e. The van der Waals surface area contributed by atoms with Crippen LogP contribution in [0.2, 0.25) is 0 Å². The van der Waals surface area contributed by atoms with E-state index in [-0.39, 0.29) is 23.0 Å². The van der Waals surface area contributed by atoms with Crippen molar-refractivity contribution in [2.75, 3.05) is 0 Å². The molecule has 0 heterocycles. The minimum atomic E-state index is -1.14. The van der Waals surface area contributed by atoms with Crippen LogP contribution in [0.4, 0.5) is 0 Å². The maximum Gasteiger partial charge on any atom is 0.336 e. The Morgan fingerprint density at radius 1 is 1.40 bits per heavy atom. The molecule has 0 saturated carbocycles. The van der Waals surface area contributed by atoms with Crippen molar-refractivity contribution in [2.24, 2.45) is 0 Å². The van der Waals surface area contributed by atoms with Crippen molar-refractivity contribution in [3.05, 3.63) is 23.3 Å². The molecule has 82 valence electrons. The number of aromatic hydroxyl groups is 2. The number of aromatic carboxylic acids is 1. The standard InChI is InChI=1S/C11H14O4/c1-3-6(2)10-8(11(14)15)4-7(12)5-9(10)13/h4-6,12-13H,3H2,1-2H3,(H,14,15). The van der Waals surface area contributed by atoms with Crippen molar-refractivity contribution in [2.45, 2.75) is 26.2 Å². The van der Waals surface area contributed by atoms with Crippen molar-refractivity contribution < 1.29 is 20.1 Å². The molecule has 1 aromatic rings. The predicted octanol–water partition coefficient (Wildman–Crippen LogP) is 2.31. The summed E-state index contributed by atoms with van der Waals surface area (Å²) >= 11 is 0. The van der Waals surface area contributed by atoms with E-state index in [4.69, 9.17) is 5.11 Å². The fourth-order valence-corrected chi connectivity index (χ4v) is 1.52. The third-order valence-corrected chi connectivity index (χ3v) is 2.48. The molecule has 15 heavy (non-hydrogen) atoms. The van der Waals surface area contributed by atoms with E-state index in [1.807, 2.05) is 13.8 Å². The molecule has 1 rings (SSSR count). The second-order valence-corrected chi connectivity index (χ2v) is 3.54. The summed E-state index contributed by atoms with van der Waals surface area (Å²) in [4.78, 5) is 10.9. The van der Waals surface area contributed by atoms with E-state index in [0.717, 1.165) is 18.6 Å². The third-order valence-electron chi connectivity index (χ3n) is 2.48. The lowest BCUT2D eigenvalue weighted by Crippen LogP contribution is -2.05. The quantitative estimate of drug-likeness (QED) is 0.715. The van der Waals surface area contributed by atoms with E-state index in [9.17, 15) is 15.0 Å². The minimum absolute atomic E-state index is 0.0400. The number of phenols is 2. The SMILES string of the molecule is CCC(C)c1c(O)cc(O)cc1C(=O)O. The number of benzene rings is 1. The summed E-state index contributed by atoms with van der Waals surface area (Å²) in [6, 6.07) is 2.32. The molecule has 0 fully saturated rings. The van der Waals surface area contributed by atoms with Crippen LogP contribution >= 0.6 is 0 Å². The topological polar surface area (TPSA) is 77.8 Å². The van der Waals surface area contributed by atoms with E-state index in [1.54, 1.807) is 0 Å². The van der Waals surface area contributed by atoms with Gasteiger partial charge in [-0.15, -0.1) is 0 Å². The number of hydrogen-bond donors (Lipinski definition) is 3. The highest BCUT2D eigenvalue weighted by molar-refractivity contribution is 5.91. The fourth-order valence-electron chi connectivity index (χ4n) is 1.52. The smallest absolute Gasteiger partial charge is 0.336 e. The molecule has 0 bridgehead atoms. The maximum absolute atomic E-state index is 10.9. The van der Waals surface area contributed by atoms with Gasteiger partial charge in [0.2, 0.25) is 0 Å². The van der Waals surface area contributed by atoms with Gasteiger partial charge >= 0.3 is 5.97 Å². The van der Waals surface area contributed by atoms with Crippen molar-refractivity contribution in [3.63, 3.8) is 0 Å². The summed E-state index contributed by atoms with van der Waals surface area (Å²) in [5, 5.41) is 27.7. The number of carbonyl (C=O) groups is 1. The number of carboxylic acids is 1. The van der Waals surface area contributed by atoms with E-state index >= 15 is 0 Å². The van der Waals surface area contributed by atoms with Gasteiger partial charge in [-0.3, -0.25) is 0 Å². The van der Waals surface area contributed by atoms with E-state index < -0.39 is 5.97 Å². The first-order chi connectivity index (χ1) is 6.97. The van der Waals surface area contributed by atoms with Crippen molar-refractivity contribution in [3.8, 4) is 11.5 Å². The fraction of sp³-hybridized carbons (Fsp3) is 0.364. The number of phenolic OH excluding ortho intramolecular Hbond substituents is 2. The van der Waals surface area contributed by atoms with Crippen LogP contribution in [0, 0.1) is 0 Å². The molecule has 0 spiro atoms. The van der Waals surface area contributed by atoms with Crippen LogP contribution in [0.15, 0.2) is 12.1 Å². The lowest BCUT2D eigenvalue weighted by Gasteiger charge is -2.14. The van der Waals surface area contributed by atoms with Gasteiger partial charge in [-0.2, -0.15) is 0 Å². The molecule has 4 heteroatoms. The molecule has 0 aromatic heterocycles. The third kappa shape index (κ3) is 2.21. The Labute approximate surface area is 87.8 Å². The molecule has 1 unspecified atom stereocenters. The monoisotopic (exact) mass is 210 g/mol. The van der Waals surface area contributed by atoms with Gasteiger partial charge in [-0.05, 0) is 18.4 Å². The summed E-state index contributed by atoms with van der Waals surface area (Å²) in [6.45, 7) is 3.74. The minimum Gasteiger partial charge on any atom is -0.508 e. The molecule has 3 N–H and O–H groups in total. The van der Waals surface area contributed by atoms with Crippen molar-refractivity contribution in [1.29, 1.82) is 0 Å². The highest BCUT2D eigenvalue weighted by Gasteiger charge is 2.19. The molecule has 1 aromatic carbocycles. The second kappa shape index (κ2) is 4.21. The second-order valence-electron chi connectivity index (χ2n) is 3.54. The van der Waals surface area contributed by atoms with Crippen LogP contribution in [0.1, 0.15) is 42.1 Å². The first-order valence-electron chi connectivity index (χ1n) is 4.76. The Balaban J connectivity index is 3.39. The van der Waals surface area contributed by atoms with Crippen LogP contribution in [0.5, 0.6) is 11.5 Å². The van der Waals surface area contributed by atoms with Gasteiger partial charge in [0, 0.05) is 11.6 Å². The molecular weight excluding hydrogens is 196 g/mol. The molecule has 0 saturated heterocycles. The molecule has 0 aliphatic carbocycles. The van der Waals surface area contributed by atoms with Gasteiger partial charge in [-0.25, -0.2) is 4.79 Å². The summed E-state index contributed by atoms with van der Waals surface area (Å²) in [7, 11) is 0. The number of rotatable bonds is 3. The molecule has 1 atom stereocenters. The average Bonchev–Trinajstić information content (AvgIpc) is 2.15. The number of hydrogen-bond acceptors (Lipinski definition) is 3. The summed E-state index contributed by atoms with van der Waals surface area (Å²) in [5.41, 5.74) is 0.338. The van der Waals surface area contributed by atoms with E-state index in [2.05, 4.69) is 0 Å². The molecule has 0 aliphatic heterocycles. The Hall–Kier alpha value is -1.71. The van der Waals surface area contributed by atoms with Crippen LogP contribution in [0.25, 0.3) is 0 Å². The van der Waals surface area contributed by atoms with Gasteiger partial charge < -0.3 is 15.3 Å². The van der Waals surface area contributed by atoms with Crippen LogP contribution < -0.4 is 0 Å². The first kappa shape index (κ1) is 11.4. The zero-order valence-corrected chi connectivity index (χ0v) is 8.69. The van der Waals surface area contributed by atoms with E-state index in [1.165, 1.54) is 0 Å². The summed E-state index contributed by atoms with van der Waals surface area (Å²) < 4.78 is 0. The lowest BCUT2D eigenvalue weighted by molar-refractivity contribution is 0.0694. The van der Waals surface area contributed by atoms with Crippen LogP contribution in [0.3, 0.4) is 0 Å². The van der Waals surface area contributed by atoms with Gasteiger partial charge in [0.15, 0.2) is 0 Å². The van der Waals surface area contributed by atoms with Crippen LogP contribution in [-0.4, -0.2) is 21.3 Å². The highest BCUT2D eigenvalue weighted by atomic mass is 16.4. The van der Waals surface area contributed by atoms with E-state index in [0.29, 0.717) is 5.56 Å². The normalized spacial score (nSPS) is 12.4. The molecule has 0 aliphatic rings. The zero-order valence-electron chi connectivity index (χ0n) is 8.69. The van der Waals surface area contributed by atoms with Gasteiger partial charge in [0.05, 0.1) is 5.56 Å². The number of carboxylic acid groups (broad SMARTS) is 1.